The van der Waals surface area contributed by atoms with E-state index in [9.17, 15) is 29.0 Å². The highest BCUT2D eigenvalue weighted by Crippen LogP contribution is 2.30. The normalized spacial score (nSPS) is 13.4. The number of nitrogens with zero attached hydrogens (tertiary/aromatic N) is 2. The van der Waals surface area contributed by atoms with Crippen LogP contribution in [0.25, 0.3) is 11.1 Å². The van der Waals surface area contributed by atoms with Crippen molar-refractivity contribution in [2.75, 3.05) is 13.2 Å². The molecule has 0 aliphatic carbocycles. The van der Waals surface area contributed by atoms with Gasteiger partial charge in [0.1, 0.15) is 5.82 Å². The van der Waals surface area contributed by atoms with Gasteiger partial charge in [-0.1, -0.05) is 35.9 Å². The lowest BCUT2D eigenvalue weighted by atomic mass is 9.78. The van der Waals surface area contributed by atoms with E-state index in [0.29, 0.717) is 16.1 Å². The van der Waals surface area contributed by atoms with Crippen LogP contribution in [0.2, 0.25) is 5.02 Å². The molecule has 12 heteroatoms. The molecule has 3 rings (SSSR count). The maximum Gasteiger partial charge on any atom is 0.312 e. The molecular weight excluding hydrogens is 505 g/mol. The first-order valence-electron chi connectivity index (χ1n) is 11.4. The molecule has 0 bridgehead atoms. The number of H-pyrrole nitrogens is 1. The van der Waals surface area contributed by atoms with Crippen molar-refractivity contribution < 1.29 is 29.0 Å². The lowest BCUT2D eigenvalue weighted by Crippen LogP contribution is -2.46. The standard InChI is InChI=1S/C25H27ClFN5O5/c1-15(34)28-9-8-25(14-33,24(36)37)12-19(30-23(35)22-13-29-32-31-22)10-16-2-4-17(5-3-16)20-11-18(26)6-7-21(20)27/h2-7,11,13,19,33H,8-10,12,14H2,1H3,(H,28,34)(H,30,35)(H,36,37)(H,29,31,32)/t19-,25?/m1/s1. The second-order valence-electron chi connectivity index (χ2n) is 8.73. The van der Waals surface area contributed by atoms with Crippen LogP contribution in [0.3, 0.4) is 0 Å². The third-order valence-corrected chi connectivity index (χ3v) is 6.26. The van der Waals surface area contributed by atoms with Crippen LogP contribution in [0.1, 0.15) is 35.8 Å². The van der Waals surface area contributed by atoms with Crippen molar-refractivity contribution in [2.45, 2.75) is 32.2 Å². The number of rotatable bonds is 12. The summed E-state index contributed by atoms with van der Waals surface area (Å²) in [5, 5.41) is 35.5. The first-order chi connectivity index (χ1) is 17.6. The molecule has 1 unspecified atom stereocenters. The molecule has 3 aromatic rings. The number of carboxylic acid groups (broad SMARTS) is 1. The molecule has 0 radical (unpaired) electrons. The Morgan fingerprint density at radius 3 is 2.51 bits per heavy atom. The Balaban J connectivity index is 1.86. The fraction of sp³-hybridized carbons (Fsp3) is 0.320. The molecular formula is C25H27ClFN5O5. The average molecular weight is 532 g/mol. The van der Waals surface area contributed by atoms with Crippen LogP contribution in [0.15, 0.2) is 48.7 Å². The van der Waals surface area contributed by atoms with Crippen LogP contribution in [0, 0.1) is 11.2 Å². The summed E-state index contributed by atoms with van der Waals surface area (Å²) in [5.41, 5.74) is 0.0416. The number of carbonyl (C=O) groups excluding carboxylic acids is 2. The molecule has 2 aromatic carbocycles. The van der Waals surface area contributed by atoms with E-state index in [1.807, 2.05) is 0 Å². The second-order valence-corrected chi connectivity index (χ2v) is 9.17. The van der Waals surface area contributed by atoms with Crippen molar-refractivity contribution in [3.63, 3.8) is 0 Å². The number of hydrogen-bond acceptors (Lipinski definition) is 6. The fourth-order valence-corrected chi connectivity index (χ4v) is 4.20. The van der Waals surface area contributed by atoms with E-state index in [0.717, 1.165) is 5.56 Å². The highest BCUT2D eigenvalue weighted by atomic mass is 35.5. The van der Waals surface area contributed by atoms with Gasteiger partial charge < -0.3 is 20.8 Å². The Morgan fingerprint density at radius 1 is 1.19 bits per heavy atom. The van der Waals surface area contributed by atoms with E-state index in [-0.39, 0.29) is 37.4 Å². The van der Waals surface area contributed by atoms with Gasteiger partial charge in [-0.05, 0) is 48.6 Å². The van der Waals surface area contributed by atoms with Gasteiger partial charge in [-0.2, -0.15) is 15.4 Å². The van der Waals surface area contributed by atoms with E-state index in [1.165, 1.54) is 31.3 Å². The lowest BCUT2D eigenvalue weighted by molar-refractivity contribution is -0.153. The zero-order chi connectivity index (χ0) is 27.0. The number of aliphatic hydroxyl groups excluding tert-OH is 1. The molecule has 0 spiro atoms. The highest BCUT2D eigenvalue weighted by Gasteiger charge is 2.40. The van der Waals surface area contributed by atoms with E-state index >= 15 is 0 Å². The van der Waals surface area contributed by atoms with Crippen LogP contribution >= 0.6 is 11.6 Å². The first-order valence-corrected chi connectivity index (χ1v) is 11.8. The summed E-state index contributed by atoms with van der Waals surface area (Å²) in [7, 11) is 0. The summed E-state index contributed by atoms with van der Waals surface area (Å²) >= 11 is 6.00. The monoisotopic (exact) mass is 531 g/mol. The van der Waals surface area contributed by atoms with E-state index < -0.39 is 35.8 Å². The van der Waals surface area contributed by atoms with E-state index in [2.05, 4.69) is 26.0 Å². The highest BCUT2D eigenvalue weighted by molar-refractivity contribution is 6.30. The van der Waals surface area contributed by atoms with Gasteiger partial charge in [0.05, 0.1) is 18.2 Å². The Labute approximate surface area is 217 Å². The molecule has 37 heavy (non-hydrogen) atoms. The molecule has 0 saturated heterocycles. The zero-order valence-electron chi connectivity index (χ0n) is 20.0. The number of hydrogen-bond donors (Lipinski definition) is 5. The summed E-state index contributed by atoms with van der Waals surface area (Å²) in [5.74, 6) is -2.59. The number of aromatic amines is 1. The van der Waals surface area contributed by atoms with Crippen molar-refractivity contribution in [1.29, 1.82) is 0 Å². The van der Waals surface area contributed by atoms with Gasteiger partial charge in [-0.3, -0.25) is 14.4 Å². The van der Waals surface area contributed by atoms with Gasteiger partial charge in [0.2, 0.25) is 5.91 Å². The van der Waals surface area contributed by atoms with Crippen molar-refractivity contribution in [1.82, 2.24) is 26.0 Å². The summed E-state index contributed by atoms with van der Waals surface area (Å²) < 4.78 is 14.3. The number of aliphatic carboxylic acids is 1. The molecule has 0 aliphatic rings. The molecule has 5 N–H and O–H groups in total. The minimum Gasteiger partial charge on any atom is -0.481 e. The van der Waals surface area contributed by atoms with Crippen molar-refractivity contribution in [3.05, 3.63) is 70.8 Å². The molecule has 0 aliphatic heterocycles. The molecule has 196 valence electrons. The lowest BCUT2D eigenvalue weighted by Gasteiger charge is -2.32. The van der Waals surface area contributed by atoms with Gasteiger partial charge >= 0.3 is 5.97 Å². The Bertz CT molecular complexity index is 1240. The van der Waals surface area contributed by atoms with Crippen LogP contribution in [0.4, 0.5) is 4.39 Å². The zero-order valence-corrected chi connectivity index (χ0v) is 20.8. The topological polar surface area (TPSA) is 157 Å². The summed E-state index contributed by atoms with van der Waals surface area (Å²) in [6.45, 7) is 0.637. The van der Waals surface area contributed by atoms with Crippen LogP contribution in [-0.2, 0) is 16.0 Å². The van der Waals surface area contributed by atoms with Crippen molar-refractivity contribution in [3.8, 4) is 11.1 Å². The van der Waals surface area contributed by atoms with E-state index in [4.69, 9.17) is 11.6 Å². The molecule has 0 saturated carbocycles. The Kier molecular flexibility index (Phi) is 9.31. The Hall–Kier alpha value is -3.83. The smallest absolute Gasteiger partial charge is 0.312 e. The number of aromatic nitrogens is 3. The largest absolute Gasteiger partial charge is 0.481 e. The van der Waals surface area contributed by atoms with Gasteiger partial charge in [0.25, 0.3) is 5.91 Å². The third-order valence-electron chi connectivity index (χ3n) is 6.03. The van der Waals surface area contributed by atoms with Crippen molar-refractivity contribution >= 4 is 29.4 Å². The van der Waals surface area contributed by atoms with E-state index in [1.54, 1.807) is 24.3 Å². The fourth-order valence-electron chi connectivity index (χ4n) is 4.03. The first kappa shape index (κ1) is 27.8. The molecule has 2 atom stereocenters. The van der Waals surface area contributed by atoms with Gasteiger partial charge in [-0.25, -0.2) is 4.39 Å². The Morgan fingerprint density at radius 2 is 1.92 bits per heavy atom. The third kappa shape index (κ3) is 7.34. The molecule has 10 nitrogen and oxygen atoms in total. The number of benzene rings is 2. The number of carboxylic acids is 1. The van der Waals surface area contributed by atoms with Crippen LogP contribution < -0.4 is 10.6 Å². The minimum absolute atomic E-state index is 0.0138. The predicted molar refractivity (Wildman–Crippen MR) is 133 cm³/mol. The van der Waals surface area contributed by atoms with Gasteiger partial charge in [0, 0.05) is 30.1 Å². The number of carbonyl (C=O) groups is 3. The molecule has 1 heterocycles. The maximum absolute atomic E-state index is 14.3. The minimum atomic E-state index is -1.63. The average Bonchev–Trinajstić information content (AvgIpc) is 3.40. The molecule has 2 amide bonds. The second kappa shape index (κ2) is 12.4. The molecule has 1 aromatic heterocycles. The summed E-state index contributed by atoms with van der Waals surface area (Å²) in [6.07, 6.45) is 1.25. The van der Waals surface area contributed by atoms with Crippen molar-refractivity contribution in [2.24, 2.45) is 5.41 Å². The predicted octanol–water partition coefficient (Wildman–Crippen LogP) is 2.58. The summed E-state index contributed by atoms with van der Waals surface area (Å²) in [4.78, 5) is 36.2. The van der Waals surface area contributed by atoms with Gasteiger partial charge in [0.15, 0.2) is 5.69 Å². The van der Waals surface area contributed by atoms with Crippen LogP contribution in [-0.4, -0.2) is 62.6 Å². The summed E-state index contributed by atoms with van der Waals surface area (Å²) in [6, 6.07) is 10.4. The van der Waals surface area contributed by atoms with Gasteiger partial charge in [-0.15, -0.1) is 0 Å². The molecule has 0 fully saturated rings. The quantitative estimate of drug-likeness (QED) is 0.240. The number of nitrogens with one attached hydrogen (secondary N) is 3. The van der Waals surface area contributed by atoms with Crippen LogP contribution in [0.5, 0.6) is 0 Å². The maximum atomic E-state index is 14.3. The number of halogens is 2. The SMILES string of the molecule is CC(=O)NCCC(CO)(C[C@@H](Cc1ccc(-c2cc(Cl)ccc2F)cc1)NC(=O)c1cn[nH]n1)C(=O)O. The number of aliphatic hydroxyl groups is 1. The number of amides is 2.